The van der Waals surface area contributed by atoms with Crippen LogP contribution in [0.15, 0.2) is 6.20 Å². The van der Waals surface area contributed by atoms with E-state index in [1.165, 1.54) is 5.56 Å². The van der Waals surface area contributed by atoms with Crippen LogP contribution in [0.1, 0.15) is 31.0 Å². The molecule has 1 heterocycles. The molecule has 17 heavy (non-hydrogen) atoms. The predicted octanol–water partition coefficient (Wildman–Crippen LogP) is 0.767. The first kappa shape index (κ1) is 13.7. The Bertz CT molecular complexity index is 335. The number of rotatable bonds is 8. The minimum absolute atomic E-state index is 0.120. The highest BCUT2D eigenvalue weighted by molar-refractivity contribution is 5.75. The summed E-state index contributed by atoms with van der Waals surface area (Å²) < 4.78 is 0. The maximum absolute atomic E-state index is 11.4. The van der Waals surface area contributed by atoms with E-state index in [4.69, 9.17) is 0 Å². The molecule has 0 radical (unpaired) electrons. The molecule has 0 unspecified atom stereocenters. The second-order valence-corrected chi connectivity index (χ2v) is 4.08. The van der Waals surface area contributed by atoms with Gasteiger partial charge in [0, 0.05) is 25.2 Å². The lowest BCUT2D eigenvalue weighted by Crippen LogP contribution is -2.28. The number of hydrogen-bond donors (Lipinski definition) is 3. The SMILES string of the molecule is CCNCCC(=O)NCCCc1cn[nH]c1C. The summed E-state index contributed by atoms with van der Waals surface area (Å²) in [7, 11) is 0. The highest BCUT2D eigenvalue weighted by Crippen LogP contribution is 2.04. The Morgan fingerprint density at radius 3 is 2.94 bits per heavy atom. The molecule has 0 atom stereocenters. The zero-order valence-corrected chi connectivity index (χ0v) is 10.7. The molecule has 1 aromatic heterocycles. The number of nitrogens with one attached hydrogen (secondary N) is 3. The van der Waals surface area contributed by atoms with Crippen molar-refractivity contribution in [1.82, 2.24) is 20.8 Å². The lowest BCUT2D eigenvalue weighted by molar-refractivity contribution is -0.120. The van der Waals surface area contributed by atoms with Crippen molar-refractivity contribution >= 4 is 5.91 Å². The van der Waals surface area contributed by atoms with Gasteiger partial charge in [-0.15, -0.1) is 0 Å². The molecule has 5 heteroatoms. The van der Waals surface area contributed by atoms with Crippen molar-refractivity contribution in [2.45, 2.75) is 33.1 Å². The van der Waals surface area contributed by atoms with Crippen LogP contribution in [0.3, 0.4) is 0 Å². The van der Waals surface area contributed by atoms with Gasteiger partial charge in [0.15, 0.2) is 0 Å². The number of aromatic amines is 1. The number of carbonyl (C=O) groups is 1. The van der Waals surface area contributed by atoms with Gasteiger partial charge in [-0.1, -0.05) is 6.92 Å². The van der Waals surface area contributed by atoms with Crippen molar-refractivity contribution in [1.29, 1.82) is 0 Å². The second kappa shape index (κ2) is 7.84. The van der Waals surface area contributed by atoms with E-state index in [1.54, 1.807) is 0 Å². The lowest BCUT2D eigenvalue weighted by Gasteiger charge is -2.05. The summed E-state index contributed by atoms with van der Waals surface area (Å²) >= 11 is 0. The minimum Gasteiger partial charge on any atom is -0.356 e. The smallest absolute Gasteiger partial charge is 0.221 e. The van der Waals surface area contributed by atoms with Crippen molar-refractivity contribution in [2.24, 2.45) is 0 Å². The molecule has 0 bridgehead atoms. The van der Waals surface area contributed by atoms with Crippen LogP contribution >= 0.6 is 0 Å². The zero-order valence-electron chi connectivity index (χ0n) is 10.7. The van der Waals surface area contributed by atoms with Crippen LogP contribution in [0.25, 0.3) is 0 Å². The Hall–Kier alpha value is -1.36. The van der Waals surface area contributed by atoms with Gasteiger partial charge >= 0.3 is 0 Å². The van der Waals surface area contributed by atoms with Gasteiger partial charge in [-0.2, -0.15) is 5.10 Å². The summed E-state index contributed by atoms with van der Waals surface area (Å²) in [5.74, 6) is 0.120. The second-order valence-electron chi connectivity index (χ2n) is 4.08. The van der Waals surface area contributed by atoms with Gasteiger partial charge < -0.3 is 10.6 Å². The first-order chi connectivity index (χ1) is 8.24. The van der Waals surface area contributed by atoms with Crippen LogP contribution in [0, 0.1) is 6.92 Å². The molecular formula is C12H22N4O. The summed E-state index contributed by atoms with van der Waals surface area (Å²) in [4.78, 5) is 11.4. The van der Waals surface area contributed by atoms with E-state index in [9.17, 15) is 4.79 Å². The van der Waals surface area contributed by atoms with Crippen LogP contribution in [-0.4, -0.2) is 35.7 Å². The molecule has 96 valence electrons. The summed E-state index contributed by atoms with van der Waals surface area (Å²) in [6.07, 6.45) is 4.31. The van der Waals surface area contributed by atoms with Crippen molar-refractivity contribution in [3.05, 3.63) is 17.5 Å². The van der Waals surface area contributed by atoms with E-state index < -0.39 is 0 Å². The average Bonchev–Trinajstić information content (AvgIpc) is 2.71. The number of nitrogens with zero attached hydrogens (tertiary/aromatic N) is 1. The molecule has 1 rings (SSSR count). The van der Waals surface area contributed by atoms with Crippen molar-refractivity contribution < 1.29 is 4.79 Å². The molecule has 1 amide bonds. The van der Waals surface area contributed by atoms with Crippen LogP contribution in [0.5, 0.6) is 0 Å². The van der Waals surface area contributed by atoms with Crippen molar-refractivity contribution in [2.75, 3.05) is 19.6 Å². The van der Waals surface area contributed by atoms with E-state index in [2.05, 4.69) is 20.8 Å². The number of H-pyrrole nitrogens is 1. The summed E-state index contributed by atoms with van der Waals surface area (Å²) in [6, 6.07) is 0. The zero-order chi connectivity index (χ0) is 12.5. The molecule has 3 N–H and O–H groups in total. The summed E-state index contributed by atoms with van der Waals surface area (Å²) in [5, 5.41) is 12.9. The van der Waals surface area contributed by atoms with E-state index in [0.717, 1.165) is 38.2 Å². The molecule has 0 saturated carbocycles. The number of aromatic nitrogens is 2. The third-order valence-electron chi connectivity index (χ3n) is 2.66. The van der Waals surface area contributed by atoms with Crippen LogP contribution in [0.4, 0.5) is 0 Å². The molecular weight excluding hydrogens is 216 g/mol. The van der Waals surface area contributed by atoms with E-state index >= 15 is 0 Å². The largest absolute Gasteiger partial charge is 0.356 e. The van der Waals surface area contributed by atoms with Crippen LogP contribution in [-0.2, 0) is 11.2 Å². The number of hydrogen-bond acceptors (Lipinski definition) is 3. The van der Waals surface area contributed by atoms with Crippen LogP contribution in [0.2, 0.25) is 0 Å². The number of aryl methyl sites for hydroxylation is 2. The van der Waals surface area contributed by atoms with Gasteiger partial charge in [-0.25, -0.2) is 0 Å². The molecule has 0 aliphatic carbocycles. The standard InChI is InChI=1S/C12H22N4O/c1-3-13-8-6-12(17)14-7-4-5-11-9-15-16-10(11)2/h9,13H,3-8H2,1-2H3,(H,14,17)(H,15,16). The third-order valence-corrected chi connectivity index (χ3v) is 2.66. The normalized spacial score (nSPS) is 10.5. The van der Waals surface area contributed by atoms with Gasteiger partial charge in [0.05, 0.1) is 6.20 Å². The number of amides is 1. The summed E-state index contributed by atoms with van der Waals surface area (Å²) in [6.45, 7) is 6.44. The van der Waals surface area contributed by atoms with E-state index in [-0.39, 0.29) is 5.91 Å². The quantitative estimate of drug-likeness (QED) is 0.586. The fraction of sp³-hybridized carbons (Fsp3) is 0.667. The lowest BCUT2D eigenvalue weighted by atomic mass is 10.1. The fourth-order valence-electron chi connectivity index (χ4n) is 1.60. The molecule has 5 nitrogen and oxygen atoms in total. The van der Waals surface area contributed by atoms with E-state index in [1.807, 2.05) is 20.0 Å². The first-order valence-corrected chi connectivity index (χ1v) is 6.20. The maximum atomic E-state index is 11.4. The molecule has 0 saturated heterocycles. The molecule has 1 aromatic rings. The van der Waals surface area contributed by atoms with Crippen LogP contribution < -0.4 is 10.6 Å². The van der Waals surface area contributed by atoms with E-state index in [0.29, 0.717) is 6.42 Å². The Kier molecular flexibility index (Phi) is 6.32. The van der Waals surface area contributed by atoms with Gasteiger partial charge in [0.1, 0.15) is 0 Å². The Balaban J connectivity index is 2.04. The first-order valence-electron chi connectivity index (χ1n) is 6.20. The molecule has 0 fully saturated rings. The Morgan fingerprint density at radius 1 is 1.47 bits per heavy atom. The van der Waals surface area contributed by atoms with Gasteiger partial charge in [0.2, 0.25) is 5.91 Å². The average molecular weight is 238 g/mol. The third kappa shape index (κ3) is 5.49. The molecule has 0 aliphatic rings. The minimum atomic E-state index is 0.120. The fourth-order valence-corrected chi connectivity index (χ4v) is 1.60. The summed E-state index contributed by atoms with van der Waals surface area (Å²) in [5.41, 5.74) is 2.34. The predicted molar refractivity (Wildman–Crippen MR) is 67.8 cm³/mol. The Labute approximate surface area is 102 Å². The van der Waals surface area contributed by atoms with Crippen molar-refractivity contribution in [3.8, 4) is 0 Å². The molecule has 0 aromatic carbocycles. The highest BCUT2D eigenvalue weighted by Gasteiger charge is 2.02. The highest BCUT2D eigenvalue weighted by atomic mass is 16.1. The molecule has 0 aliphatic heterocycles. The number of carbonyl (C=O) groups excluding carboxylic acids is 1. The Morgan fingerprint density at radius 2 is 2.29 bits per heavy atom. The van der Waals surface area contributed by atoms with Crippen molar-refractivity contribution in [3.63, 3.8) is 0 Å². The van der Waals surface area contributed by atoms with Gasteiger partial charge in [-0.05, 0) is 31.9 Å². The van der Waals surface area contributed by atoms with Gasteiger partial charge in [0.25, 0.3) is 0 Å². The topological polar surface area (TPSA) is 69.8 Å². The maximum Gasteiger partial charge on any atom is 0.221 e. The molecule has 0 spiro atoms. The monoisotopic (exact) mass is 238 g/mol. The van der Waals surface area contributed by atoms with Gasteiger partial charge in [-0.3, -0.25) is 9.89 Å².